The summed E-state index contributed by atoms with van der Waals surface area (Å²) in [6, 6.07) is 3.91. The number of likely N-dealkylation sites (tertiary alicyclic amines) is 1. The minimum absolute atomic E-state index is 0.0530. The Hall–Kier alpha value is -3.03. The van der Waals surface area contributed by atoms with Crippen molar-refractivity contribution in [3.63, 3.8) is 0 Å². The van der Waals surface area contributed by atoms with Crippen LogP contribution in [0.15, 0.2) is 30.7 Å². The monoisotopic (exact) mass is 436 g/mol. The zero-order chi connectivity index (χ0) is 22.6. The number of nitrogens with zero attached hydrogens (tertiary/aromatic N) is 4. The van der Waals surface area contributed by atoms with E-state index in [4.69, 9.17) is 4.98 Å². The summed E-state index contributed by atoms with van der Waals surface area (Å²) in [7, 11) is 0. The van der Waals surface area contributed by atoms with Crippen molar-refractivity contribution in [1.29, 1.82) is 0 Å². The first-order valence-corrected chi connectivity index (χ1v) is 11.5. The fraction of sp³-hybridized carbons (Fsp3) is 0.542. The third-order valence-corrected chi connectivity index (χ3v) is 6.46. The molecule has 0 spiro atoms. The van der Waals surface area contributed by atoms with Gasteiger partial charge in [-0.25, -0.2) is 4.98 Å². The molecule has 1 unspecified atom stereocenters. The summed E-state index contributed by atoms with van der Waals surface area (Å²) in [5.74, 6) is 0.714. The van der Waals surface area contributed by atoms with Gasteiger partial charge < -0.3 is 15.5 Å². The van der Waals surface area contributed by atoms with Crippen molar-refractivity contribution in [3.05, 3.63) is 42.1 Å². The molecule has 0 radical (unpaired) electrons. The van der Waals surface area contributed by atoms with Gasteiger partial charge in [0.1, 0.15) is 5.82 Å². The van der Waals surface area contributed by atoms with Crippen LogP contribution in [0, 0.1) is 6.92 Å². The summed E-state index contributed by atoms with van der Waals surface area (Å²) in [6.45, 7) is 4.23. The van der Waals surface area contributed by atoms with E-state index in [-0.39, 0.29) is 17.9 Å². The Morgan fingerprint density at radius 1 is 1.16 bits per heavy atom. The Kier molecular flexibility index (Phi) is 6.67. The lowest BCUT2D eigenvalue weighted by molar-refractivity contribution is -0.135. The molecular formula is C24H32N6O2. The van der Waals surface area contributed by atoms with Gasteiger partial charge in [0.2, 0.25) is 11.8 Å². The molecule has 8 heteroatoms. The molecule has 8 nitrogen and oxygen atoms in total. The number of aromatic nitrogens is 3. The van der Waals surface area contributed by atoms with Gasteiger partial charge in [-0.3, -0.25) is 19.6 Å². The van der Waals surface area contributed by atoms with E-state index < -0.39 is 5.54 Å². The molecule has 0 aromatic carbocycles. The van der Waals surface area contributed by atoms with Crippen molar-refractivity contribution in [3.8, 4) is 0 Å². The molecule has 1 atom stereocenters. The smallest absolute Gasteiger partial charge is 0.225 e. The fourth-order valence-electron chi connectivity index (χ4n) is 5.16. The van der Waals surface area contributed by atoms with Crippen LogP contribution in [0.2, 0.25) is 0 Å². The van der Waals surface area contributed by atoms with E-state index in [1.165, 1.54) is 0 Å². The molecule has 32 heavy (non-hydrogen) atoms. The molecular weight excluding hydrogens is 404 g/mol. The summed E-state index contributed by atoms with van der Waals surface area (Å²) in [5.41, 5.74) is 2.25. The van der Waals surface area contributed by atoms with Crippen LogP contribution in [0.4, 0.5) is 11.5 Å². The third-order valence-electron chi connectivity index (χ3n) is 6.46. The Morgan fingerprint density at radius 2 is 1.97 bits per heavy atom. The topological polar surface area (TPSA) is 100 Å². The molecule has 2 aromatic heterocycles. The number of carbonyl (C=O) groups is 2. The van der Waals surface area contributed by atoms with E-state index >= 15 is 0 Å². The highest BCUT2D eigenvalue weighted by Crippen LogP contribution is 2.37. The summed E-state index contributed by atoms with van der Waals surface area (Å²) in [6.07, 6.45) is 12.1. The van der Waals surface area contributed by atoms with E-state index in [9.17, 15) is 9.59 Å². The molecule has 2 aromatic rings. The number of aryl methyl sites for hydroxylation is 1. The molecule has 170 valence electrons. The minimum Gasteiger partial charge on any atom is -0.350 e. The van der Waals surface area contributed by atoms with Gasteiger partial charge in [0.25, 0.3) is 0 Å². The second kappa shape index (κ2) is 9.63. The van der Waals surface area contributed by atoms with E-state index in [1.807, 2.05) is 24.0 Å². The van der Waals surface area contributed by atoms with Gasteiger partial charge in [-0.15, -0.1) is 0 Å². The first kappa shape index (κ1) is 22.2. The minimum atomic E-state index is -0.410. The maximum Gasteiger partial charge on any atom is 0.225 e. The second-order valence-corrected chi connectivity index (χ2v) is 9.08. The summed E-state index contributed by atoms with van der Waals surface area (Å²) in [4.78, 5) is 40.4. The van der Waals surface area contributed by atoms with Gasteiger partial charge in [-0.05, 0) is 44.7 Å². The number of hydrogen-bond donors (Lipinski definition) is 2. The number of rotatable bonds is 6. The Labute approximate surface area is 189 Å². The molecule has 2 aliphatic rings. The summed E-state index contributed by atoms with van der Waals surface area (Å²) < 4.78 is 0. The van der Waals surface area contributed by atoms with Crippen molar-refractivity contribution >= 4 is 23.3 Å². The molecule has 3 heterocycles. The van der Waals surface area contributed by atoms with Crippen LogP contribution in [0.1, 0.15) is 75.7 Å². The zero-order valence-electron chi connectivity index (χ0n) is 18.9. The molecule has 1 aliphatic heterocycles. The standard InChI is InChI=1S/C24H32N6O2/c1-17-13-19(28-22-16-25-10-11-26-22)14-20(27-17)21-7-6-12-30(21)23(32)15-24(29-18(2)31)8-4-3-5-9-24/h10-11,13-14,16,21H,3-9,12,15H2,1-2H3,(H,29,31)(H,26,27,28). The maximum atomic E-state index is 13.5. The number of carbonyl (C=O) groups excluding carboxylic acids is 2. The Bertz CT molecular complexity index is 958. The highest BCUT2D eigenvalue weighted by atomic mass is 16.2. The first-order valence-electron chi connectivity index (χ1n) is 11.5. The molecule has 4 rings (SSSR count). The Morgan fingerprint density at radius 3 is 2.69 bits per heavy atom. The normalized spacial score (nSPS) is 20.1. The van der Waals surface area contributed by atoms with Gasteiger partial charge in [-0.1, -0.05) is 19.3 Å². The number of amides is 2. The van der Waals surface area contributed by atoms with Crippen LogP contribution in [0.5, 0.6) is 0 Å². The highest BCUT2D eigenvalue weighted by molar-refractivity contribution is 5.80. The van der Waals surface area contributed by atoms with Crippen LogP contribution in [0.25, 0.3) is 0 Å². The van der Waals surface area contributed by atoms with E-state index in [2.05, 4.69) is 20.6 Å². The van der Waals surface area contributed by atoms with E-state index in [0.29, 0.717) is 12.2 Å². The van der Waals surface area contributed by atoms with Gasteiger partial charge in [0.05, 0.1) is 17.9 Å². The lowest BCUT2D eigenvalue weighted by Gasteiger charge is -2.39. The molecule has 1 aliphatic carbocycles. The van der Waals surface area contributed by atoms with Crippen molar-refractivity contribution < 1.29 is 9.59 Å². The second-order valence-electron chi connectivity index (χ2n) is 9.08. The SMILES string of the molecule is CC(=O)NC1(CC(=O)N2CCCC2c2cc(Nc3cnccn3)cc(C)n2)CCCCC1. The van der Waals surface area contributed by atoms with Crippen molar-refractivity contribution in [2.45, 2.75) is 76.8 Å². The largest absolute Gasteiger partial charge is 0.350 e. The third kappa shape index (κ3) is 5.23. The quantitative estimate of drug-likeness (QED) is 0.714. The predicted octanol–water partition coefficient (Wildman–Crippen LogP) is 3.82. The number of anilines is 2. The van der Waals surface area contributed by atoms with E-state index in [1.54, 1.807) is 25.5 Å². The van der Waals surface area contributed by atoms with Crippen LogP contribution in [-0.2, 0) is 9.59 Å². The highest BCUT2D eigenvalue weighted by Gasteiger charge is 2.39. The van der Waals surface area contributed by atoms with Crippen molar-refractivity contribution in [1.82, 2.24) is 25.2 Å². The first-order chi connectivity index (χ1) is 15.4. The van der Waals surface area contributed by atoms with Crippen molar-refractivity contribution in [2.75, 3.05) is 11.9 Å². The molecule has 1 saturated carbocycles. The fourth-order valence-corrected chi connectivity index (χ4v) is 5.16. The van der Waals surface area contributed by atoms with Gasteiger partial charge >= 0.3 is 0 Å². The van der Waals surface area contributed by atoms with Gasteiger partial charge in [-0.2, -0.15) is 0 Å². The molecule has 0 bridgehead atoms. The zero-order valence-corrected chi connectivity index (χ0v) is 18.9. The van der Waals surface area contributed by atoms with Crippen molar-refractivity contribution in [2.24, 2.45) is 0 Å². The number of nitrogens with one attached hydrogen (secondary N) is 2. The van der Waals surface area contributed by atoms with Gasteiger partial charge in [0, 0.05) is 49.2 Å². The summed E-state index contributed by atoms with van der Waals surface area (Å²) >= 11 is 0. The van der Waals surface area contributed by atoms with Crippen LogP contribution >= 0.6 is 0 Å². The van der Waals surface area contributed by atoms with Crippen LogP contribution in [-0.4, -0.2) is 43.7 Å². The van der Waals surface area contributed by atoms with Gasteiger partial charge in [0.15, 0.2) is 0 Å². The lowest BCUT2D eigenvalue weighted by Crippen LogP contribution is -2.52. The molecule has 2 N–H and O–H groups in total. The maximum absolute atomic E-state index is 13.5. The molecule has 2 fully saturated rings. The molecule has 1 saturated heterocycles. The Balaban J connectivity index is 1.52. The number of pyridine rings is 1. The number of hydrogen-bond acceptors (Lipinski definition) is 6. The predicted molar refractivity (Wildman–Crippen MR) is 122 cm³/mol. The average Bonchev–Trinajstić information content (AvgIpc) is 3.24. The van der Waals surface area contributed by atoms with E-state index in [0.717, 1.165) is 68.6 Å². The average molecular weight is 437 g/mol. The van der Waals surface area contributed by atoms with Crippen LogP contribution < -0.4 is 10.6 Å². The lowest BCUT2D eigenvalue weighted by atomic mass is 9.78. The summed E-state index contributed by atoms with van der Waals surface area (Å²) in [5, 5.41) is 6.41. The molecule has 2 amide bonds. The van der Waals surface area contributed by atoms with Crippen LogP contribution in [0.3, 0.4) is 0 Å².